The van der Waals surface area contributed by atoms with Crippen molar-refractivity contribution in [2.45, 2.75) is 6.18 Å². The van der Waals surface area contributed by atoms with Crippen LogP contribution in [0.5, 0.6) is 0 Å². The van der Waals surface area contributed by atoms with E-state index in [0.29, 0.717) is 44.1 Å². The van der Waals surface area contributed by atoms with Crippen LogP contribution >= 0.6 is 0 Å². The molecule has 4 rings (SSSR count). The van der Waals surface area contributed by atoms with Gasteiger partial charge in [-0.1, -0.05) is 30.3 Å². The lowest BCUT2D eigenvalue weighted by molar-refractivity contribution is -0.139. The largest absolute Gasteiger partial charge is 0.419 e. The molecule has 1 aromatic heterocycles. The van der Waals surface area contributed by atoms with Crippen molar-refractivity contribution in [1.82, 2.24) is 15.1 Å². The maximum absolute atomic E-state index is 13.4. The molecule has 6 nitrogen and oxygen atoms in total. The van der Waals surface area contributed by atoms with E-state index in [1.54, 1.807) is 0 Å². The zero-order chi connectivity index (χ0) is 22.7. The molecule has 2 aromatic carbocycles. The van der Waals surface area contributed by atoms with Gasteiger partial charge in [0.1, 0.15) is 5.82 Å². The number of urea groups is 1. The van der Waals surface area contributed by atoms with Crippen LogP contribution in [0.2, 0.25) is 0 Å². The van der Waals surface area contributed by atoms with Crippen molar-refractivity contribution >= 4 is 17.5 Å². The fourth-order valence-electron chi connectivity index (χ4n) is 3.42. The second kappa shape index (κ2) is 8.81. The van der Waals surface area contributed by atoms with Crippen LogP contribution < -0.4 is 10.2 Å². The van der Waals surface area contributed by atoms with E-state index in [0.717, 1.165) is 17.3 Å². The van der Waals surface area contributed by atoms with Crippen LogP contribution in [0, 0.1) is 5.82 Å². The number of carbonyl (C=O) groups is 1. The van der Waals surface area contributed by atoms with E-state index < -0.39 is 23.6 Å². The van der Waals surface area contributed by atoms with E-state index >= 15 is 0 Å². The highest BCUT2D eigenvalue weighted by atomic mass is 19.4. The highest BCUT2D eigenvalue weighted by molar-refractivity contribution is 5.89. The van der Waals surface area contributed by atoms with Gasteiger partial charge in [-0.15, -0.1) is 10.2 Å². The lowest BCUT2D eigenvalue weighted by Gasteiger charge is -2.35. The topological polar surface area (TPSA) is 61.4 Å². The first-order valence-electron chi connectivity index (χ1n) is 9.88. The zero-order valence-corrected chi connectivity index (χ0v) is 16.8. The van der Waals surface area contributed by atoms with E-state index in [1.165, 1.54) is 4.90 Å². The smallest absolute Gasteiger partial charge is 0.352 e. The number of anilines is 2. The van der Waals surface area contributed by atoms with E-state index in [4.69, 9.17) is 0 Å². The molecule has 2 heterocycles. The van der Waals surface area contributed by atoms with Gasteiger partial charge in [-0.2, -0.15) is 13.2 Å². The average molecular weight is 445 g/mol. The van der Waals surface area contributed by atoms with Crippen LogP contribution in [0.1, 0.15) is 5.56 Å². The highest BCUT2D eigenvalue weighted by Gasteiger charge is 2.34. The van der Waals surface area contributed by atoms with Crippen molar-refractivity contribution in [3.63, 3.8) is 0 Å². The van der Waals surface area contributed by atoms with Gasteiger partial charge < -0.3 is 15.1 Å². The van der Waals surface area contributed by atoms with Crippen LogP contribution in [-0.4, -0.2) is 47.3 Å². The average Bonchev–Trinajstić information content (AvgIpc) is 2.80. The zero-order valence-electron chi connectivity index (χ0n) is 16.8. The fourth-order valence-corrected chi connectivity index (χ4v) is 3.42. The summed E-state index contributed by atoms with van der Waals surface area (Å²) in [7, 11) is 0. The number of nitrogens with one attached hydrogen (secondary N) is 1. The summed E-state index contributed by atoms with van der Waals surface area (Å²) in [6.07, 6.45) is -4.84. The molecule has 1 N–H and O–H groups in total. The number of alkyl halides is 3. The van der Waals surface area contributed by atoms with Crippen LogP contribution in [0.15, 0.2) is 60.7 Å². The van der Waals surface area contributed by atoms with Crippen molar-refractivity contribution in [3.05, 3.63) is 72.0 Å². The molecule has 32 heavy (non-hydrogen) atoms. The van der Waals surface area contributed by atoms with Gasteiger partial charge in [0.2, 0.25) is 0 Å². The number of aromatic nitrogens is 2. The molecule has 1 aliphatic heterocycles. The van der Waals surface area contributed by atoms with E-state index in [-0.39, 0.29) is 5.69 Å². The number of halogens is 4. The van der Waals surface area contributed by atoms with Gasteiger partial charge in [0.25, 0.3) is 0 Å². The van der Waals surface area contributed by atoms with Crippen LogP contribution in [0.4, 0.5) is 33.9 Å². The Morgan fingerprint density at radius 1 is 0.906 bits per heavy atom. The first kappa shape index (κ1) is 21.5. The first-order chi connectivity index (χ1) is 15.3. The number of hydrogen-bond acceptors (Lipinski definition) is 4. The third kappa shape index (κ3) is 4.79. The van der Waals surface area contributed by atoms with Crippen molar-refractivity contribution in [2.24, 2.45) is 0 Å². The molecule has 1 saturated heterocycles. The quantitative estimate of drug-likeness (QED) is 0.596. The second-order valence-electron chi connectivity index (χ2n) is 7.24. The molecule has 166 valence electrons. The molecule has 0 aliphatic carbocycles. The molecule has 0 unspecified atom stereocenters. The van der Waals surface area contributed by atoms with Gasteiger partial charge in [0.15, 0.2) is 5.82 Å². The van der Waals surface area contributed by atoms with Gasteiger partial charge in [0.05, 0.1) is 11.3 Å². The number of hydrogen-bond donors (Lipinski definition) is 1. The lowest BCUT2D eigenvalue weighted by Crippen LogP contribution is -2.50. The molecule has 10 heteroatoms. The molecule has 0 bridgehead atoms. The predicted molar refractivity (Wildman–Crippen MR) is 112 cm³/mol. The van der Waals surface area contributed by atoms with Crippen molar-refractivity contribution in [3.8, 4) is 11.3 Å². The van der Waals surface area contributed by atoms with Crippen molar-refractivity contribution < 1.29 is 22.4 Å². The maximum atomic E-state index is 13.4. The number of nitrogens with zero attached hydrogens (tertiary/aromatic N) is 4. The Kier molecular flexibility index (Phi) is 5.93. The van der Waals surface area contributed by atoms with Gasteiger partial charge >= 0.3 is 12.2 Å². The van der Waals surface area contributed by atoms with Crippen molar-refractivity contribution in [1.29, 1.82) is 0 Å². The summed E-state index contributed by atoms with van der Waals surface area (Å²) in [5.41, 5.74) is 0.179. The summed E-state index contributed by atoms with van der Waals surface area (Å²) in [6, 6.07) is 15.2. The van der Waals surface area contributed by atoms with Crippen molar-refractivity contribution in [2.75, 3.05) is 36.4 Å². The van der Waals surface area contributed by atoms with E-state index in [9.17, 15) is 22.4 Å². The van der Waals surface area contributed by atoms with Gasteiger partial charge in [0, 0.05) is 37.4 Å². The van der Waals surface area contributed by atoms with Gasteiger partial charge in [-0.05, 0) is 30.3 Å². The SMILES string of the molecule is O=C(Nc1ccc(F)c(C(F)(F)F)c1)N1CCN(c2ccc(-c3ccccc3)nn2)CC1. The Hall–Kier alpha value is -3.69. The molecule has 3 aromatic rings. The minimum atomic E-state index is -4.84. The first-order valence-corrected chi connectivity index (χ1v) is 9.88. The Bertz CT molecular complexity index is 1080. The van der Waals surface area contributed by atoms with Gasteiger partial charge in [-0.25, -0.2) is 9.18 Å². The number of benzene rings is 2. The van der Waals surface area contributed by atoms with Crippen LogP contribution in [0.3, 0.4) is 0 Å². The molecule has 1 aliphatic rings. The Balaban J connectivity index is 1.35. The summed E-state index contributed by atoms with van der Waals surface area (Å²) >= 11 is 0. The molecular formula is C22H19F4N5O. The van der Waals surface area contributed by atoms with Crippen LogP contribution in [-0.2, 0) is 6.18 Å². The summed E-state index contributed by atoms with van der Waals surface area (Å²) in [5, 5.41) is 10.9. The standard InChI is InChI=1S/C22H19F4N5O/c23-18-7-6-16(14-17(18)22(24,25)26)27-21(32)31-12-10-30(11-13-31)20-9-8-19(28-29-20)15-4-2-1-3-5-15/h1-9,14H,10-13H2,(H,27,32). The summed E-state index contributed by atoms with van der Waals surface area (Å²) in [6.45, 7) is 1.68. The minimum absolute atomic E-state index is 0.117. The minimum Gasteiger partial charge on any atom is -0.352 e. The fraction of sp³-hybridized carbons (Fsp3) is 0.227. The summed E-state index contributed by atoms with van der Waals surface area (Å²) < 4.78 is 52.0. The Labute approximate surface area is 181 Å². The molecular weight excluding hydrogens is 426 g/mol. The molecule has 0 spiro atoms. The third-order valence-electron chi connectivity index (χ3n) is 5.13. The van der Waals surface area contributed by atoms with Gasteiger partial charge in [-0.3, -0.25) is 0 Å². The monoisotopic (exact) mass is 445 g/mol. The Morgan fingerprint density at radius 2 is 1.62 bits per heavy atom. The molecule has 2 amide bonds. The number of amides is 2. The number of carbonyl (C=O) groups excluding carboxylic acids is 1. The lowest BCUT2D eigenvalue weighted by atomic mass is 10.1. The third-order valence-corrected chi connectivity index (χ3v) is 5.13. The maximum Gasteiger partial charge on any atom is 0.419 e. The molecule has 0 saturated carbocycles. The summed E-state index contributed by atoms with van der Waals surface area (Å²) in [4.78, 5) is 15.9. The van der Waals surface area contributed by atoms with E-state index in [1.807, 2.05) is 47.4 Å². The Morgan fingerprint density at radius 3 is 2.25 bits per heavy atom. The number of rotatable bonds is 3. The highest BCUT2D eigenvalue weighted by Crippen LogP contribution is 2.33. The second-order valence-corrected chi connectivity index (χ2v) is 7.24. The molecule has 0 radical (unpaired) electrons. The molecule has 0 atom stereocenters. The van der Waals surface area contributed by atoms with Crippen LogP contribution in [0.25, 0.3) is 11.3 Å². The normalized spacial score (nSPS) is 14.4. The summed E-state index contributed by atoms with van der Waals surface area (Å²) in [5.74, 6) is -0.707. The predicted octanol–water partition coefficient (Wildman–Crippen LogP) is 4.66. The number of piperazine rings is 1. The van der Waals surface area contributed by atoms with E-state index in [2.05, 4.69) is 15.5 Å². The molecule has 1 fully saturated rings.